The van der Waals surface area contributed by atoms with Gasteiger partial charge in [0, 0.05) is 5.02 Å². The standard InChI is InChI=1S/C10H9Cl2N3O2S/c1-2-3-13-10-14-8-5-6(11)4-7(12)9(8)18(16,17)15-10/h2,4-5H,1,3H2,(H2,13,14,15). The molecule has 96 valence electrons. The van der Waals surface area contributed by atoms with Gasteiger partial charge in [-0.05, 0) is 12.1 Å². The van der Waals surface area contributed by atoms with Gasteiger partial charge in [0.2, 0.25) is 5.96 Å². The molecule has 0 aromatic heterocycles. The van der Waals surface area contributed by atoms with Crippen molar-refractivity contribution in [2.45, 2.75) is 4.90 Å². The average molecular weight is 306 g/mol. The van der Waals surface area contributed by atoms with Crippen molar-refractivity contribution in [3.8, 4) is 0 Å². The summed E-state index contributed by atoms with van der Waals surface area (Å²) in [4.78, 5) is 3.93. The number of nitrogens with one attached hydrogen (secondary N) is 2. The molecule has 18 heavy (non-hydrogen) atoms. The molecule has 1 heterocycles. The fraction of sp³-hybridized carbons (Fsp3) is 0.100. The summed E-state index contributed by atoms with van der Waals surface area (Å²) in [5.74, 6) is 0.112. The number of halogens is 2. The van der Waals surface area contributed by atoms with E-state index in [2.05, 4.69) is 21.6 Å². The smallest absolute Gasteiger partial charge is 0.267 e. The molecule has 8 heteroatoms. The average Bonchev–Trinajstić information content (AvgIpc) is 2.23. The number of hydrogen-bond donors (Lipinski definition) is 2. The third-order valence-electron chi connectivity index (χ3n) is 2.14. The van der Waals surface area contributed by atoms with E-state index in [-0.39, 0.29) is 22.4 Å². The molecule has 0 saturated carbocycles. The van der Waals surface area contributed by atoms with Crippen LogP contribution in [0.25, 0.3) is 0 Å². The highest BCUT2D eigenvalue weighted by atomic mass is 35.5. The second-order valence-electron chi connectivity index (χ2n) is 3.47. The van der Waals surface area contributed by atoms with Gasteiger partial charge in [-0.1, -0.05) is 29.3 Å². The van der Waals surface area contributed by atoms with Gasteiger partial charge in [-0.15, -0.1) is 6.58 Å². The summed E-state index contributed by atoms with van der Waals surface area (Å²) >= 11 is 11.7. The quantitative estimate of drug-likeness (QED) is 0.823. The van der Waals surface area contributed by atoms with Gasteiger partial charge in [-0.3, -0.25) is 0 Å². The molecule has 2 rings (SSSR count). The fourth-order valence-corrected chi connectivity index (χ4v) is 3.47. The lowest BCUT2D eigenvalue weighted by atomic mass is 10.3. The van der Waals surface area contributed by atoms with E-state index in [1.165, 1.54) is 12.1 Å². The number of rotatable bonds is 2. The zero-order valence-corrected chi connectivity index (χ0v) is 11.4. The highest BCUT2D eigenvalue weighted by molar-refractivity contribution is 7.90. The highest BCUT2D eigenvalue weighted by Crippen LogP contribution is 2.34. The zero-order chi connectivity index (χ0) is 13.3. The number of nitrogens with zero attached hydrogens (tertiary/aromatic N) is 1. The molecule has 1 aliphatic rings. The van der Waals surface area contributed by atoms with Crippen LogP contribution in [0, 0.1) is 0 Å². The van der Waals surface area contributed by atoms with Crippen LogP contribution in [0.2, 0.25) is 10.0 Å². The maximum absolute atomic E-state index is 12.0. The SMILES string of the molecule is C=CCN=C1Nc2cc(Cl)cc(Cl)c2S(=O)(=O)N1. The van der Waals surface area contributed by atoms with Crippen molar-refractivity contribution in [2.24, 2.45) is 4.99 Å². The minimum atomic E-state index is -3.74. The van der Waals surface area contributed by atoms with Crippen LogP contribution in [-0.2, 0) is 10.0 Å². The van der Waals surface area contributed by atoms with E-state index in [1.807, 2.05) is 0 Å². The van der Waals surface area contributed by atoms with Gasteiger partial charge in [-0.25, -0.2) is 18.1 Å². The first-order valence-corrected chi connectivity index (χ1v) is 7.12. The summed E-state index contributed by atoms with van der Waals surface area (Å²) in [7, 11) is -3.74. The van der Waals surface area contributed by atoms with Gasteiger partial charge < -0.3 is 5.32 Å². The number of anilines is 1. The molecule has 0 amide bonds. The summed E-state index contributed by atoms with van der Waals surface area (Å²) < 4.78 is 26.3. The van der Waals surface area contributed by atoms with Crippen LogP contribution < -0.4 is 10.0 Å². The Morgan fingerprint density at radius 2 is 2.11 bits per heavy atom. The van der Waals surface area contributed by atoms with Crippen molar-refractivity contribution >= 4 is 44.9 Å². The molecular formula is C10H9Cl2N3O2S. The highest BCUT2D eigenvalue weighted by Gasteiger charge is 2.29. The zero-order valence-electron chi connectivity index (χ0n) is 9.07. The molecule has 0 atom stereocenters. The summed E-state index contributed by atoms with van der Waals surface area (Å²) in [6, 6.07) is 2.85. The van der Waals surface area contributed by atoms with E-state index < -0.39 is 10.0 Å². The molecule has 1 aromatic carbocycles. The molecular weight excluding hydrogens is 297 g/mol. The van der Waals surface area contributed by atoms with Crippen molar-refractivity contribution < 1.29 is 8.42 Å². The molecule has 0 saturated heterocycles. The lowest BCUT2D eigenvalue weighted by molar-refractivity contribution is 0.592. The van der Waals surface area contributed by atoms with Crippen LogP contribution in [0.5, 0.6) is 0 Å². The molecule has 1 aromatic rings. The molecule has 0 bridgehead atoms. The summed E-state index contributed by atoms with van der Waals surface area (Å²) in [5.41, 5.74) is 0.300. The third kappa shape index (κ3) is 2.45. The van der Waals surface area contributed by atoms with Crippen molar-refractivity contribution in [2.75, 3.05) is 11.9 Å². The van der Waals surface area contributed by atoms with Gasteiger partial charge in [0.15, 0.2) is 0 Å². The van der Waals surface area contributed by atoms with Crippen molar-refractivity contribution in [1.82, 2.24) is 4.72 Å². The third-order valence-corrected chi connectivity index (χ3v) is 4.21. The van der Waals surface area contributed by atoms with Gasteiger partial charge in [0.1, 0.15) is 4.90 Å². The Morgan fingerprint density at radius 1 is 1.39 bits per heavy atom. The predicted octanol–water partition coefficient (Wildman–Crippen LogP) is 2.24. The van der Waals surface area contributed by atoms with E-state index in [1.54, 1.807) is 6.08 Å². The molecule has 0 aliphatic carbocycles. The Morgan fingerprint density at radius 3 is 2.78 bits per heavy atom. The molecule has 2 N–H and O–H groups in total. The van der Waals surface area contributed by atoms with E-state index in [9.17, 15) is 8.42 Å². The lowest BCUT2D eigenvalue weighted by Crippen LogP contribution is -2.41. The maximum atomic E-state index is 12.0. The summed E-state index contributed by atoms with van der Waals surface area (Å²) in [6.45, 7) is 3.79. The Kier molecular flexibility index (Phi) is 3.52. The van der Waals surface area contributed by atoms with E-state index in [4.69, 9.17) is 23.2 Å². The lowest BCUT2D eigenvalue weighted by Gasteiger charge is -2.22. The number of guanidine groups is 1. The van der Waals surface area contributed by atoms with Crippen LogP contribution in [-0.4, -0.2) is 20.9 Å². The van der Waals surface area contributed by atoms with Gasteiger partial charge in [-0.2, -0.15) is 0 Å². The fourth-order valence-electron chi connectivity index (χ4n) is 1.49. The Balaban J connectivity index is 2.57. The minimum Gasteiger partial charge on any atom is -0.324 e. The van der Waals surface area contributed by atoms with Gasteiger partial charge in [0.25, 0.3) is 10.0 Å². The molecule has 0 radical (unpaired) electrons. The maximum Gasteiger partial charge on any atom is 0.267 e. The first kappa shape index (κ1) is 13.2. The number of aliphatic imine (C=N–C) groups is 1. The topological polar surface area (TPSA) is 70.6 Å². The van der Waals surface area contributed by atoms with Gasteiger partial charge in [0.05, 0.1) is 17.3 Å². The van der Waals surface area contributed by atoms with Gasteiger partial charge >= 0.3 is 0 Å². The second kappa shape index (κ2) is 4.79. The molecule has 5 nitrogen and oxygen atoms in total. The Labute approximate surface area is 115 Å². The summed E-state index contributed by atoms with van der Waals surface area (Å²) in [6.07, 6.45) is 1.55. The Bertz CT molecular complexity index is 641. The van der Waals surface area contributed by atoms with E-state index in [0.717, 1.165) is 0 Å². The second-order valence-corrected chi connectivity index (χ2v) is 5.94. The first-order valence-electron chi connectivity index (χ1n) is 4.88. The molecule has 0 fully saturated rings. The molecule has 1 aliphatic heterocycles. The van der Waals surface area contributed by atoms with Crippen LogP contribution >= 0.6 is 23.2 Å². The largest absolute Gasteiger partial charge is 0.324 e. The van der Waals surface area contributed by atoms with Crippen LogP contribution in [0.1, 0.15) is 0 Å². The predicted molar refractivity (Wildman–Crippen MR) is 72.9 cm³/mol. The van der Waals surface area contributed by atoms with Crippen molar-refractivity contribution in [3.63, 3.8) is 0 Å². The van der Waals surface area contributed by atoms with E-state index in [0.29, 0.717) is 10.7 Å². The number of benzene rings is 1. The monoisotopic (exact) mass is 305 g/mol. The van der Waals surface area contributed by atoms with Crippen molar-refractivity contribution in [3.05, 3.63) is 34.8 Å². The number of hydrogen-bond acceptors (Lipinski definition) is 3. The minimum absolute atomic E-state index is 0.0360. The molecule has 0 unspecified atom stereocenters. The van der Waals surface area contributed by atoms with Crippen LogP contribution in [0.4, 0.5) is 5.69 Å². The normalized spacial score (nSPS) is 18.7. The number of fused-ring (bicyclic) bond motifs is 1. The van der Waals surface area contributed by atoms with Crippen molar-refractivity contribution in [1.29, 1.82) is 0 Å². The van der Waals surface area contributed by atoms with E-state index >= 15 is 0 Å². The summed E-state index contributed by atoms with van der Waals surface area (Å²) in [5, 5.41) is 3.21. The first-order chi connectivity index (χ1) is 8.44. The molecule has 0 spiro atoms. The van der Waals surface area contributed by atoms with Crippen LogP contribution in [0.15, 0.2) is 34.7 Å². The number of sulfonamides is 1. The Hall–Kier alpha value is -1.24. The van der Waals surface area contributed by atoms with Crippen LogP contribution in [0.3, 0.4) is 0 Å².